The maximum atomic E-state index is 14.3. The molecule has 8 rings (SSSR count). The second kappa shape index (κ2) is 9.68. The highest BCUT2D eigenvalue weighted by Crippen LogP contribution is 2.61. The van der Waals surface area contributed by atoms with Gasteiger partial charge < -0.3 is 0 Å². The van der Waals surface area contributed by atoms with E-state index in [9.17, 15) is 19.2 Å². The minimum atomic E-state index is -0.701. The number of benzene rings is 4. The Morgan fingerprint density at radius 3 is 1.61 bits per heavy atom. The van der Waals surface area contributed by atoms with E-state index in [2.05, 4.69) is 0 Å². The highest BCUT2D eigenvalue weighted by atomic mass is 35.5. The summed E-state index contributed by atoms with van der Waals surface area (Å²) >= 11 is 12.3. The van der Waals surface area contributed by atoms with E-state index in [0.29, 0.717) is 5.56 Å². The van der Waals surface area contributed by atoms with Crippen molar-refractivity contribution in [1.82, 2.24) is 10.0 Å². The Kier molecular flexibility index (Phi) is 6.07. The molecule has 2 atom stereocenters. The average molecular weight is 581 g/mol. The molecule has 1 fully saturated rings. The molecule has 0 N–H and O–H groups in total. The van der Waals surface area contributed by atoms with E-state index >= 15 is 0 Å². The lowest BCUT2D eigenvalue weighted by Gasteiger charge is -2.45. The SMILES string of the molecule is O=C(CN(C(=O)c1ccc(Cl)c(Cl)c1)N1C(=O)[C@@H]2C3c4ccccc4C(c4ccccc43)[C@@H]2C1=O)c1ccccc1. The Labute approximate surface area is 246 Å². The first-order valence-electron chi connectivity index (χ1n) is 13.3. The number of rotatable bonds is 5. The van der Waals surface area contributed by atoms with Crippen LogP contribution in [0.15, 0.2) is 97.1 Å². The van der Waals surface area contributed by atoms with Gasteiger partial charge in [-0.05, 0) is 40.5 Å². The third kappa shape index (κ3) is 3.85. The van der Waals surface area contributed by atoms with Crippen LogP contribution >= 0.6 is 23.2 Å². The van der Waals surface area contributed by atoms with Crippen molar-refractivity contribution < 1.29 is 19.2 Å². The van der Waals surface area contributed by atoms with E-state index in [0.717, 1.165) is 32.3 Å². The van der Waals surface area contributed by atoms with Crippen LogP contribution in [-0.2, 0) is 9.59 Å². The Balaban J connectivity index is 1.34. The summed E-state index contributed by atoms with van der Waals surface area (Å²) in [5, 5.41) is 2.29. The van der Waals surface area contributed by atoms with Crippen LogP contribution in [0.4, 0.5) is 0 Å². The van der Waals surface area contributed by atoms with E-state index in [4.69, 9.17) is 23.2 Å². The lowest BCUT2D eigenvalue weighted by molar-refractivity contribution is -0.154. The third-order valence-electron chi connectivity index (χ3n) is 8.46. The monoisotopic (exact) mass is 580 g/mol. The van der Waals surface area contributed by atoms with Crippen molar-refractivity contribution >= 4 is 46.7 Å². The smallest absolute Gasteiger partial charge is 0.273 e. The summed E-state index contributed by atoms with van der Waals surface area (Å²) in [6.45, 7) is -0.505. The third-order valence-corrected chi connectivity index (χ3v) is 9.20. The molecule has 0 saturated carbocycles. The van der Waals surface area contributed by atoms with E-state index in [1.165, 1.54) is 18.2 Å². The number of ketones is 1. The van der Waals surface area contributed by atoms with Gasteiger partial charge in [0, 0.05) is 23.0 Å². The first kappa shape index (κ1) is 25.7. The molecule has 1 aliphatic heterocycles. The van der Waals surface area contributed by atoms with Gasteiger partial charge in [-0.1, -0.05) is 102 Å². The fourth-order valence-corrected chi connectivity index (χ4v) is 7.06. The molecule has 41 heavy (non-hydrogen) atoms. The lowest BCUT2D eigenvalue weighted by Crippen LogP contribution is -2.52. The van der Waals surface area contributed by atoms with Gasteiger partial charge in [0.1, 0.15) is 6.54 Å². The number of Topliss-reactive ketones (excluding diaryl/α,β-unsaturated/α-hetero) is 1. The summed E-state index contributed by atoms with van der Waals surface area (Å²) in [7, 11) is 0. The van der Waals surface area contributed by atoms with E-state index < -0.39 is 41.9 Å². The summed E-state index contributed by atoms with van der Waals surface area (Å²) in [4.78, 5) is 56.1. The fraction of sp³-hybridized carbons (Fsp3) is 0.152. The van der Waals surface area contributed by atoms with Crippen LogP contribution in [0.3, 0.4) is 0 Å². The molecule has 8 heteroatoms. The van der Waals surface area contributed by atoms with Crippen LogP contribution in [0.2, 0.25) is 10.0 Å². The molecule has 3 amide bonds. The van der Waals surface area contributed by atoms with Crippen molar-refractivity contribution in [1.29, 1.82) is 0 Å². The second-order valence-electron chi connectivity index (χ2n) is 10.5. The van der Waals surface area contributed by atoms with Gasteiger partial charge in [0.05, 0.1) is 21.9 Å². The largest absolute Gasteiger partial charge is 0.292 e. The average Bonchev–Trinajstić information content (AvgIpc) is 3.27. The van der Waals surface area contributed by atoms with E-state index in [-0.39, 0.29) is 27.4 Å². The summed E-state index contributed by atoms with van der Waals surface area (Å²) in [6, 6.07) is 28.6. The normalized spacial score (nSPS) is 21.8. The minimum Gasteiger partial charge on any atom is -0.292 e. The summed E-state index contributed by atoms with van der Waals surface area (Å²) in [5.41, 5.74) is 4.53. The highest BCUT2D eigenvalue weighted by molar-refractivity contribution is 6.42. The van der Waals surface area contributed by atoms with Gasteiger partial charge in [-0.3, -0.25) is 19.2 Å². The highest BCUT2D eigenvalue weighted by Gasteiger charge is 2.63. The Morgan fingerprint density at radius 2 is 1.12 bits per heavy atom. The molecule has 0 unspecified atom stereocenters. The van der Waals surface area contributed by atoms with Crippen molar-refractivity contribution in [2.45, 2.75) is 11.8 Å². The van der Waals surface area contributed by atoms with Crippen molar-refractivity contribution in [3.8, 4) is 0 Å². The second-order valence-corrected chi connectivity index (χ2v) is 11.3. The Morgan fingerprint density at radius 1 is 0.634 bits per heavy atom. The zero-order valence-corrected chi connectivity index (χ0v) is 23.0. The number of halogens is 2. The van der Waals surface area contributed by atoms with Crippen molar-refractivity contribution in [3.05, 3.63) is 140 Å². The summed E-state index contributed by atoms with van der Waals surface area (Å²) in [5.74, 6) is -4.18. The van der Waals surface area contributed by atoms with Gasteiger partial charge in [0.15, 0.2) is 5.78 Å². The zero-order chi connectivity index (χ0) is 28.4. The minimum absolute atomic E-state index is 0.102. The van der Waals surface area contributed by atoms with Gasteiger partial charge in [-0.15, -0.1) is 0 Å². The van der Waals surface area contributed by atoms with Crippen LogP contribution in [0.1, 0.15) is 54.8 Å². The Hall–Kier alpha value is -4.26. The predicted molar refractivity (Wildman–Crippen MR) is 154 cm³/mol. The van der Waals surface area contributed by atoms with Gasteiger partial charge in [-0.2, -0.15) is 5.01 Å². The van der Waals surface area contributed by atoms with Gasteiger partial charge in [-0.25, -0.2) is 5.01 Å². The molecule has 0 aromatic heterocycles. The molecule has 3 aliphatic carbocycles. The summed E-state index contributed by atoms with van der Waals surface area (Å²) in [6.07, 6.45) is 0. The molecular weight excluding hydrogens is 559 g/mol. The molecule has 4 aromatic rings. The maximum absolute atomic E-state index is 14.3. The number of imide groups is 1. The number of hydrogen-bond donors (Lipinski definition) is 0. The molecule has 0 spiro atoms. The lowest BCUT2D eigenvalue weighted by atomic mass is 9.55. The zero-order valence-electron chi connectivity index (χ0n) is 21.5. The van der Waals surface area contributed by atoms with Crippen molar-refractivity contribution in [2.75, 3.05) is 6.54 Å². The molecule has 202 valence electrons. The standard InChI is InChI=1S/C33H22Cl2N2O4/c34-24-15-14-19(16-25(24)35)31(39)36(17-26(38)18-8-2-1-3-9-18)37-32(40)29-27-20-10-4-5-11-21(20)28(30(29)33(37)41)23-13-7-6-12-22(23)27/h1-16,27-30H,17H2/t27?,28?,29-,30+. The number of hydrazine groups is 1. The first-order valence-corrected chi connectivity index (χ1v) is 14.0. The van der Waals surface area contributed by atoms with E-state index in [1.807, 2.05) is 48.5 Å². The Bertz CT molecular complexity index is 1660. The molecule has 1 saturated heterocycles. The van der Waals surface area contributed by atoms with Crippen molar-refractivity contribution in [3.63, 3.8) is 0 Å². The molecule has 6 nitrogen and oxygen atoms in total. The maximum Gasteiger partial charge on any atom is 0.273 e. The molecule has 4 aliphatic rings. The van der Waals surface area contributed by atoms with Crippen LogP contribution in [0, 0.1) is 11.8 Å². The van der Waals surface area contributed by atoms with Crippen LogP contribution in [0.5, 0.6) is 0 Å². The first-order chi connectivity index (χ1) is 19.9. The van der Waals surface area contributed by atoms with E-state index in [1.54, 1.807) is 30.3 Å². The van der Waals surface area contributed by atoms with Gasteiger partial charge >= 0.3 is 0 Å². The molecular formula is C33H22Cl2N2O4. The number of amides is 3. The van der Waals surface area contributed by atoms with Crippen LogP contribution in [0.25, 0.3) is 0 Å². The predicted octanol–water partition coefficient (Wildman–Crippen LogP) is 6.13. The molecule has 2 bridgehead atoms. The van der Waals surface area contributed by atoms with Gasteiger partial charge in [0.2, 0.25) is 0 Å². The summed E-state index contributed by atoms with van der Waals surface area (Å²) < 4.78 is 0. The fourth-order valence-electron chi connectivity index (χ4n) is 6.76. The van der Waals surface area contributed by atoms with Crippen LogP contribution < -0.4 is 0 Å². The van der Waals surface area contributed by atoms with Gasteiger partial charge in [0.25, 0.3) is 17.7 Å². The topological polar surface area (TPSA) is 74.8 Å². The number of carbonyl (C=O) groups excluding carboxylic acids is 4. The van der Waals surface area contributed by atoms with Crippen LogP contribution in [-0.4, -0.2) is 40.1 Å². The molecule has 4 aromatic carbocycles. The van der Waals surface area contributed by atoms with Crippen molar-refractivity contribution in [2.24, 2.45) is 11.8 Å². The number of carbonyl (C=O) groups is 4. The quantitative estimate of drug-likeness (QED) is 0.210. The molecule has 1 heterocycles. The number of hydrogen-bond acceptors (Lipinski definition) is 4. The number of nitrogens with zero attached hydrogens (tertiary/aromatic N) is 2. The molecule has 0 radical (unpaired) electrons.